The van der Waals surface area contributed by atoms with Gasteiger partial charge in [0.05, 0.1) is 18.9 Å². The van der Waals surface area contributed by atoms with Crippen molar-refractivity contribution in [1.82, 2.24) is 4.98 Å². The molecule has 90 valence electrons. The highest BCUT2D eigenvalue weighted by atomic mass is 16.5. The molecule has 2 heterocycles. The number of hydrogen-bond donors (Lipinski definition) is 1. The maximum atomic E-state index is 12.3. The average molecular weight is 241 g/mol. The molecule has 2 aromatic heterocycles. The first-order chi connectivity index (χ1) is 8.79. The van der Waals surface area contributed by atoms with Gasteiger partial charge in [0.1, 0.15) is 12.0 Å². The summed E-state index contributed by atoms with van der Waals surface area (Å²) >= 11 is 0. The molecular formula is C14H11NO3. The number of nitrogens with one attached hydrogen (secondary N) is 1. The van der Waals surface area contributed by atoms with Gasteiger partial charge in [0, 0.05) is 22.7 Å². The molecule has 18 heavy (non-hydrogen) atoms. The molecule has 0 atom stereocenters. The number of ketones is 1. The van der Waals surface area contributed by atoms with Crippen molar-refractivity contribution < 1.29 is 13.9 Å². The molecule has 0 saturated heterocycles. The number of carbonyl (C=O) groups is 1. The second-order valence-corrected chi connectivity index (χ2v) is 3.96. The lowest BCUT2D eigenvalue weighted by Gasteiger charge is -2.00. The molecule has 0 amide bonds. The van der Waals surface area contributed by atoms with Crippen LogP contribution < -0.4 is 4.74 Å². The average Bonchev–Trinajstić information content (AvgIpc) is 3.06. The fourth-order valence-electron chi connectivity index (χ4n) is 1.96. The molecule has 0 fully saturated rings. The molecule has 0 unspecified atom stereocenters. The van der Waals surface area contributed by atoms with E-state index in [0.29, 0.717) is 11.1 Å². The van der Waals surface area contributed by atoms with Crippen LogP contribution in [0.5, 0.6) is 5.75 Å². The standard InChI is InChI=1S/C14H11NO3/c1-17-10-2-3-13-11(6-10)12(7-15-13)14(16)9-4-5-18-8-9/h2-8,15H,1H3. The summed E-state index contributed by atoms with van der Waals surface area (Å²) in [4.78, 5) is 15.3. The van der Waals surface area contributed by atoms with Crippen LogP contribution >= 0.6 is 0 Å². The number of benzene rings is 1. The molecule has 1 aromatic carbocycles. The van der Waals surface area contributed by atoms with Crippen LogP contribution in [0.3, 0.4) is 0 Å². The lowest BCUT2D eigenvalue weighted by Crippen LogP contribution is -1.98. The van der Waals surface area contributed by atoms with Crippen molar-refractivity contribution in [3.63, 3.8) is 0 Å². The van der Waals surface area contributed by atoms with Gasteiger partial charge in [-0.25, -0.2) is 0 Å². The minimum absolute atomic E-state index is 0.0664. The third-order valence-corrected chi connectivity index (χ3v) is 2.92. The number of carbonyl (C=O) groups excluding carboxylic acids is 1. The molecule has 0 saturated carbocycles. The Bertz CT molecular complexity index is 695. The fraction of sp³-hybridized carbons (Fsp3) is 0.0714. The number of furan rings is 1. The zero-order chi connectivity index (χ0) is 12.5. The zero-order valence-electron chi connectivity index (χ0n) is 9.77. The first-order valence-electron chi connectivity index (χ1n) is 5.51. The minimum Gasteiger partial charge on any atom is -0.497 e. The number of aromatic nitrogens is 1. The monoisotopic (exact) mass is 241 g/mol. The first kappa shape index (κ1) is 10.7. The van der Waals surface area contributed by atoms with Gasteiger partial charge in [0.2, 0.25) is 0 Å². The minimum atomic E-state index is -0.0664. The summed E-state index contributed by atoms with van der Waals surface area (Å²) in [5.41, 5.74) is 2.06. The fourth-order valence-corrected chi connectivity index (χ4v) is 1.96. The van der Waals surface area contributed by atoms with Crippen molar-refractivity contribution in [3.8, 4) is 5.75 Å². The van der Waals surface area contributed by atoms with Crippen LogP contribution in [-0.2, 0) is 0 Å². The Morgan fingerprint density at radius 1 is 1.33 bits per heavy atom. The van der Waals surface area contributed by atoms with E-state index in [-0.39, 0.29) is 5.78 Å². The molecule has 1 N–H and O–H groups in total. The van der Waals surface area contributed by atoms with E-state index in [4.69, 9.17) is 9.15 Å². The van der Waals surface area contributed by atoms with Crippen molar-refractivity contribution in [2.75, 3.05) is 7.11 Å². The Kier molecular flexibility index (Phi) is 2.41. The Balaban J connectivity index is 2.14. The first-order valence-corrected chi connectivity index (χ1v) is 5.51. The van der Waals surface area contributed by atoms with E-state index in [9.17, 15) is 4.79 Å². The summed E-state index contributed by atoms with van der Waals surface area (Å²) < 4.78 is 10.1. The predicted octanol–water partition coefficient (Wildman–Crippen LogP) is 3.00. The molecule has 0 aliphatic heterocycles. The highest BCUT2D eigenvalue weighted by Gasteiger charge is 2.15. The van der Waals surface area contributed by atoms with Gasteiger partial charge in [-0.3, -0.25) is 4.79 Å². The molecule has 4 nitrogen and oxygen atoms in total. The number of aromatic amines is 1. The van der Waals surface area contributed by atoms with Crippen molar-refractivity contribution in [1.29, 1.82) is 0 Å². The third-order valence-electron chi connectivity index (χ3n) is 2.92. The van der Waals surface area contributed by atoms with Gasteiger partial charge in [0.25, 0.3) is 0 Å². The highest BCUT2D eigenvalue weighted by molar-refractivity contribution is 6.16. The number of hydrogen-bond acceptors (Lipinski definition) is 3. The highest BCUT2D eigenvalue weighted by Crippen LogP contribution is 2.25. The van der Waals surface area contributed by atoms with Crippen LogP contribution in [0.4, 0.5) is 0 Å². The van der Waals surface area contributed by atoms with E-state index in [1.54, 1.807) is 19.4 Å². The molecule has 0 bridgehead atoms. The van der Waals surface area contributed by atoms with Crippen LogP contribution in [0.15, 0.2) is 47.4 Å². The smallest absolute Gasteiger partial charge is 0.198 e. The molecule has 3 aromatic rings. The third kappa shape index (κ3) is 1.59. The summed E-state index contributed by atoms with van der Waals surface area (Å²) in [5.74, 6) is 0.659. The molecule has 0 spiro atoms. The Morgan fingerprint density at radius 3 is 2.94 bits per heavy atom. The second-order valence-electron chi connectivity index (χ2n) is 3.96. The molecule has 0 aliphatic carbocycles. The number of rotatable bonds is 3. The molecule has 0 radical (unpaired) electrons. The zero-order valence-corrected chi connectivity index (χ0v) is 9.77. The van der Waals surface area contributed by atoms with Crippen molar-refractivity contribution in [2.24, 2.45) is 0 Å². The van der Waals surface area contributed by atoms with Crippen molar-refractivity contribution in [2.45, 2.75) is 0 Å². The molecule has 3 rings (SSSR count). The van der Waals surface area contributed by atoms with Gasteiger partial charge < -0.3 is 14.1 Å². The van der Waals surface area contributed by atoms with Crippen LogP contribution in [0, 0.1) is 0 Å². The summed E-state index contributed by atoms with van der Waals surface area (Å²) in [5, 5.41) is 0.848. The number of methoxy groups -OCH3 is 1. The topological polar surface area (TPSA) is 55.2 Å². The van der Waals surface area contributed by atoms with Gasteiger partial charge in [-0.05, 0) is 24.3 Å². The van der Waals surface area contributed by atoms with E-state index < -0.39 is 0 Å². The summed E-state index contributed by atoms with van der Waals surface area (Å²) in [6, 6.07) is 7.24. The van der Waals surface area contributed by atoms with E-state index in [1.807, 2.05) is 18.2 Å². The van der Waals surface area contributed by atoms with Crippen LogP contribution in [-0.4, -0.2) is 17.9 Å². The Morgan fingerprint density at radius 2 is 2.22 bits per heavy atom. The Hall–Kier alpha value is -2.49. The predicted molar refractivity (Wildman–Crippen MR) is 67.0 cm³/mol. The van der Waals surface area contributed by atoms with Gasteiger partial charge in [0.15, 0.2) is 5.78 Å². The van der Waals surface area contributed by atoms with Crippen LogP contribution in [0.2, 0.25) is 0 Å². The van der Waals surface area contributed by atoms with E-state index in [0.717, 1.165) is 16.7 Å². The summed E-state index contributed by atoms with van der Waals surface area (Å²) in [6.45, 7) is 0. The SMILES string of the molecule is COc1ccc2[nH]cc(C(=O)c3ccoc3)c2c1. The lowest BCUT2D eigenvalue weighted by atomic mass is 10.1. The molecule has 0 aliphatic rings. The van der Waals surface area contributed by atoms with E-state index >= 15 is 0 Å². The van der Waals surface area contributed by atoms with Crippen molar-refractivity contribution in [3.05, 3.63) is 54.1 Å². The normalized spacial score (nSPS) is 10.7. The largest absolute Gasteiger partial charge is 0.497 e. The summed E-state index contributed by atoms with van der Waals surface area (Å²) in [7, 11) is 1.60. The van der Waals surface area contributed by atoms with E-state index in [1.165, 1.54) is 12.5 Å². The lowest BCUT2D eigenvalue weighted by molar-refractivity contribution is 0.103. The molecule has 4 heteroatoms. The summed E-state index contributed by atoms with van der Waals surface area (Å²) in [6.07, 6.45) is 4.64. The number of fused-ring (bicyclic) bond motifs is 1. The molecular weight excluding hydrogens is 230 g/mol. The number of H-pyrrole nitrogens is 1. The van der Waals surface area contributed by atoms with Gasteiger partial charge >= 0.3 is 0 Å². The van der Waals surface area contributed by atoms with Crippen LogP contribution in [0.1, 0.15) is 15.9 Å². The quantitative estimate of drug-likeness (QED) is 0.717. The maximum Gasteiger partial charge on any atom is 0.198 e. The maximum absolute atomic E-state index is 12.3. The van der Waals surface area contributed by atoms with Crippen molar-refractivity contribution >= 4 is 16.7 Å². The number of ether oxygens (including phenoxy) is 1. The van der Waals surface area contributed by atoms with Gasteiger partial charge in [-0.1, -0.05) is 0 Å². The Labute approximate surface area is 103 Å². The van der Waals surface area contributed by atoms with Crippen LogP contribution in [0.25, 0.3) is 10.9 Å². The van der Waals surface area contributed by atoms with E-state index in [2.05, 4.69) is 4.98 Å². The van der Waals surface area contributed by atoms with Gasteiger partial charge in [-0.2, -0.15) is 0 Å². The van der Waals surface area contributed by atoms with Gasteiger partial charge in [-0.15, -0.1) is 0 Å². The second kappa shape index (κ2) is 4.07.